The average molecular weight is 306 g/mol. The molecule has 1 aromatic rings. The predicted molar refractivity (Wildman–Crippen MR) is 72.8 cm³/mol. The highest BCUT2D eigenvalue weighted by atomic mass is 35.5. The highest BCUT2D eigenvalue weighted by Gasteiger charge is 2.21. The van der Waals surface area contributed by atoms with Crippen molar-refractivity contribution >= 4 is 27.4 Å². The van der Waals surface area contributed by atoms with Gasteiger partial charge in [0.25, 0.3) is 10.0 Å². The zero-order chi connectivity index (χ0) is 13.9. The number of sulfonamides is 1. The molecule has 0 saturated carbocycles. The van der Waals surface area contributed by atoms with Crippen LogP contribution in [-0.4, -0.2) is 31.5 Å². The van der Waals surface area contributed by atoms with Crippen molar-refractivity contribution in [3.05, 3.63) is 17.3 Å². The van der Waals surface area contributed by atoms with E-state index in [4.69, 9.17) is 17.4 Å². The molecule has 9 heteroatoms. The van der Waals surface area contributed by atoms with Crippen LogP contribution in [0.4, 0.5) is 5.82 Å². The number of nitrogens with zero attached hydrogens (tertiary/aromatic N) is 2. The van der Waals surface area contributed by atoms with Crippen LogP contribution in [0.5, 0.6) is 0 Å². The summed E-state index contributed by atoms with van der Waals surface area (Å²) in [6.07, 6.45) is 4.31. The van der Waals surface area contributed by atoms with Gasteiger partial charge in [-0.25, -0.2) is 24.3 Å². The molecule has 19 heavy (non-hydrogen) atoms. The van der Waals surface area contributed by atoms with Crippen LogP contribution in [0.15, 0.2) is 17.2 Å². The van der Waals surface area contributed by atoms with Gasteiger partial charge in [-0.05, 0) is 18.9 Å². The maximum Gasteiger partial charge on any atom is 0.255 e. The Balaban J connectivity index is 2.16. The van der Waals surface area contributed by atoms with Crippen LogP contribution >= 0.6 is 11.6 Å². The fourth-order valence-electron chi connectivity index (χ4n) is 1.88. The predicted octanol–water partition coefficient (Wildman–Crippen LogP) is 0.700. The highest BCUT2D eigenvalue weighted by molar-refractivity contribution is 7.89. The molecule has 0 aliphatic carbocycles. The zero-order valence-corrected chi connectivity index (χ0v) is 11.8. The van der Waals surface area contributed by atoms with E-state index >= 15 is 0 Å². The van der Waals surface area contributed by atoms with Crippen LogP contribution in [0.3, 0.4) is 0 Å². The summed E-state index contributed by atoms with van der Waals surface area (Å²) in [6, 6.07) is 1.32. The summed E-state index contributed by atoms with van der Waals surface area (Å²) >= 11 is 5.87. The number of rotatable bonds is 4. The monoisotopic (exact) mass is 305 g/mol. The molecule has 0 bridgehead atoms. The number of pyridine rings is 1. The second-order valence-corrected chi connectivity index (χ2v) is 6.36. The molecule has 1 aliphatic rings. The Hall–Kier alpha value is -0.930. The van der Waals surface area contributed by atoms with Crippen LogP contribution in [0.25, 0.3) is 0 Å². The van der Waals surface area contributed by atoms with E-state index in [1.54, 1.807) is 5.01 Å². The Bertz CT molecular complexity index is 545. The topological polar surface area (TPSA) is 100 Å². The Morgan fingerprint density at radius 2 is 2.00 bits per heavy atom. The van der Waals surface area contributed by atoms with Gasteiger partial charge in [0.1, 0.15) is 4.90 Å². The molecule has 0 amide bonds. The molecule has 4 N–H and O–H groups in total. The van der Waals surface area contributed by atoms with E-state index in [1.807, 2.05) is 0 Å². The van der Waals surface area contributed by atoms with E-state index < -0.39 is 10.0 Å². The average Bonchev–Trinajstić information content (AvgIpc) is 2.39. The van der Waals surface area contributed by atoms with E-state index in [-0.39, 0.29) is 15.7 Å². The van der Waals surface area contributed by atoms with Crippen molar-refractivity contribution < 1.29 is 8.42 Å². The summed E-state index contributed by atoms with van der Waals surface area (Å²) < 4.78 is 24.3. The first kappa shape index (κ1) is 14.5. The molecule has 1 saturated heterocycles. The van der Waals surface area contributed by atoms with Gasteiger partial charge in [-0.2, -0.15) is 0 Å². The molecule has 1 aromatic heterocycles. The van der Waals surface area contributed by atoms with Crippen molar-refractivity contribution in [2.45, 2.75) is 24.2 Å². The van der Waals surface area contributed by atoms with Crippen molar-refractivity contribution in [2.24, 2.45) is 5.84 Å². The normalized spacial score (nSPS) is 17.4. The van der Waals surface area contributed by atoms with Crippen LogP contribution in [0.1, 0.15) is 19.3 Å². The molecule has 7 nitrogen and oxygen atoms in total. The number of hydrogen-bond donors (Lipinski definition) is 3. The Labute approximate surface area is 117 Å². The van der Waals surface area contributed by atoms with Crippen molar-refractivity contribution in [3.8, 4) is 0 Å². The lowest BCUT2D eigenvalue weighted by Gasteiger charge is -2.26. The minimum Gasteiger partial charge on any atom is -0.307 e. The number of aromatic nitrogens is 1. The van der Waals surface area contributed by atoms with E-state index in [2.05, 4.69) is 15.2 Å². The molecule has 0 unspecified atom stereocenters. The number of anilines is 1. The first-order valence-electron chi connectivity index (χ1n) is 5.92. The number of halogens is 1. The van der Waals surface area contributed by atoms with Gasteiger partial charge in [0.2, 0.25) is 0 Å². The number of nitrogen functional groups attached to an aromatic ring is 1. The first-order valence-corrected chi connectivity index (χ1v) is 7.78. The lowest BCUT2D eigenvalue weighted by Crippen LogP contribution is -2.44. The van der Waals surface area contributed by atoms with Crippen LogP contribution in [0, 0.1) is 0 Å². The van der Waals surface area contributed by atoms with Gasteiger partial charge in [0.15, 0.2) is 5.82 Å². The Morgan fingerprint density at radius 3 is 2.58 bits per heavy atom. The minimum absolute atomic E-state index is 0.0158. The molecule has 1 fully saturated rings. The van der Waals surface area contributed by atoms with Crippen molar-refractivity contribution in [1.82, 2.24) is 14.8 Å². The van der Waals surface area contributed by atoms with Crippen LogP contribution in [-0.2, 0) is 10.0 Å². The summed E-state index contributed by atoms with van der Waals surface area (Å²) in [7, 11) is -3.65. The fraction of sp³-hybridized carbons (Fsp3) is 0.500. The van der Waals surface area contributed by atoms with Crippen molar-refractivity contribution in [2.75, 3.05) is 18.5 Å². The first-order chi connectivity index (χ1) is 9.03. The second-order valence-electron chi connectivity index (χ2n) is 4.29. The lowest BCUT2D eigenvalue weighted by atomic mass is 10.2. The van der Waals surface area contributed by atoms with E-state index in [0.29, 0.717) is 13.1 Å². The molecule has 106 valence electrons. The molecule has 0 atom stereocenters. The van der Waals surface area contributed by atoms with Gasteiger partial charge < -0.3 is 5.43 Å². The summed E-state index contributed by atoms with van der Waals surface area (Å²) in [4.78, 5) is 6.40. The molecule has 1 aliphatic heterocycles. The fourth-order valence-corrected chi connectivity index (χ4v) is 3.26. The van der Waals surface area contributed by atoms with E-state index in [1.165, 1.54) is 12.3 Å². The van der Waals surface area contributed by atoms with Gasteiger partial charge in [-0.15, -0.1) is 4.83 Å². The van der Waals surface area contributed by atoms with Gasteiger partial charge in [-0.3, -0.25) is 0 Å². The maximum absolute atomic E-state index is 12.1. The Kier molecular flexibility index (Phi) is 4.58. The number of hydrogen-bond acceptors (Lipinski definition) is 6. The quantitative estimate of drug-likeness (QED) is 0.559. The largest absolute Gasteiger partial charge is 0.307 e. The minimum atomic E-state index is -3.65. The van der Waals surface area contributed by atoms with Crippen LogP contribution < -0.4 is 16.1 Å². The molecule has 0 aromatic carbocycles. The van der Waals surface area contributed by atoms with Crippen LogP contribution in [0.2, 0.25) is 5.02 Å². The lowest BCUT2D eigenvalue weighted by molar-refractivity contribution is 0.200. The van der Waals surface area contributed by atoms with Gasteiger partial charge >= 0.3 is 0 Å². The summed E-state index contributed by atoms with van der Waals surface area (Å²) in [5.41, 5.74) is 2.29. The van der Waals surface area contributed by atoms with Gasteiger partial charge in [0.05, 0.1) is 5.02 Å². The smallest absolute Gasteiger partial charge is 0.255 e. The standard InChI is InChI=1S/C10H16ClN5O2S/c11-9-6-8(7-13-10(9)14-12)19(17,18)15-16-4-2-1-3-5-16/h6-7,15H,1-5,12H2,(H,13,14). The third-order valence-electron chi connectivity index (χ3n) is 2.87. The van der Waals surface area contributed by atoms with Gasteiger partial charge in [0, 0.05) is 19.3 Å². The molecule has 0 radical (unpaired) electrons. The SMILES string of the molecule is NNc1ncc(S(=O)(=O)NN2CCCCC2)cc1Cl. The molecule has 2 heterocycles. The number of piperidine rings is 1. The third-order valence-corrected chi connectivity index (χ3v) is 4.50. The maximum atomic E-state index is 12.1. The van der Waals surface area contributed by atoms with Crippen molar-refractivity contribution in [1.29, 1.82) is 0 Å². The highest BCUT2D eigenvalue weighted by Crippen LogP contribution is 2.21. The number of nitrogens with one attached hydrogen (secondary N) is 2. The third kappa shape index (κ3) is 3.54. The molecule has 2 rings (SSSR count). The zero-order valence-electron chi connectivity index (χ0n) is 10.3. The molecular formula is C10H16ClN5O2S. The Morgan fingerprint density at radius 1 is 1.32 bits per heavy atom. The molecular weight excluding hydrogens is 290 g/mol. The second kappa shape index (κ2) is 6.02. The van der Waals surface area contributed by atoms with E-state index in [9.17, 15) is 8.42 Å². The molecule has 0 spiro atoms. The number of hydrazine groups is 2. The number of nitrogens with two attached hydrogens (primary N) is 1. The van der Waals surface area contributed by atoms with E-state index in [0.717, 1.165) is 19.3 Å². The van der Waals surface area contributed by atoms with Gasteiger partial charge in [-0.1, -0.05) is 18.0 Å². The summed E-state index contributed by atoms with van der Waals surface area (Å²) in [5, 5.41) is 1.85. The van der Waals surface area contributed by atoms with Crippen molar-refractivity contribution in [3.63, 3.8) is 0 Å². The summed E-state index contributed by atoms with van der Waals surface area (Å²) in [6.45, 7) is 1.42. The summed E-state index contributed by atoms with van der Waals surface area (Å²) in [5.74, 6) is 5.42.